The van der Waals surface area contributed by atoms with Crippen LogP contribution in [0.5, 0.6) is 0 Å². The van der Waals surface area contributed by atoms with Crippen LogP contribution in [0.1, 0.15) is 32.7 Å². The molecule has 0 aliphatic carbocycles. The number of aryl methyl sites for hydroxylation is 1. The van der Waals surface area contributed by atoms with Gasteiger partial charge in [0.1, 0.15) is 5.69 Å². The van der Waals surface area contributed by atoms with E-state index in [1.165, 1.54) is 18.0 Å². The average Bonchev–Trinajstić information content (AvgIpc) is 2.87. The van der Waals surface area contributed by atoms with Gasteiger partial charge < -0.3 is 15.5 Å². The highest BCUT2D eigenvalue weighted by Gasteiger charge is 2.14. The Bertz CT molecular complexity index is 1240. The molecule has 1 aliphatic rings. The lowest BCUT2D eigenvalue weighted by Gasteiger charge is -2.32. The van der Waals surface area contributed by atoms with Crippen LogP contribution < -0.4 is 10.6 Å². The molecule has 8 heteroatoms. The summed E-state index contributed by atoms with van der Waals surface area (Å²) in [6.45, 7) is 7.19. The van der Waals surface area contributed by atoms with Gasteiger partial charge in [-0.3, -0.25) is 14.5 Å². The Morgan fingerprint density at radius 3 is 2.49 bits per heavy atom. The first-order valence-corrected chi connectivity index (χ1v) is 11.5. The van der Waals surface area contributed by atoms with Gasteiger partial charge in [0.15, 0.2) is 5.82 Å². The molecule has 3 aromatic rings. The average molecular weight is 469 g/mol. The fourth-order valence-corrected chi connectivity index (χ4v) is 3.72. The highest BCUT2D eigenvalue weighted by molar-refractivity contribution is 6.04. The van der Waals surface area contributed by atoms with E-state index >= 15 is 0 Å². The van der Waals surface area contributed by atoms with Crippen LogP contribution in [0.25, 0.3) is 0 Å². The summed E-state index contributed by atoms with van der Waals surface area (Å²) in [6, 6.07) is 13.5. The van der Waals surface area contributed by atoms with Gasteiger partial charge in [-0.1, -0.05) is 24.1 Å². The molecule has 2 amide bonds. The van der Waals surface area contributed by atoms with Crippen molar-refractivity contribution >= 4 is 23.8 Å². The molecule has 0 saturated carbocycles. The molecule has 0 bridgehead atoms. The highest BCUT2D eigenvalue weighted by Crippen LogP contribution is 2.16. The summed E-state index contributed by atoms with van der Waals surface area (Å²) in [7, 11) is 2.15. The second-order valence-corrected chi connectivity index (χ2v) is 8.56. The highest BCUT2D eigenvalue weighted by atomic mass is 16.1. The van der Waals surface area contributed by atoms with Crippen molar-refractivity contribution in [3.8, 4) is 11.8 Å². The number of amides is 2. The molecule has 2 N–H and O–H groups in total. The van der Waals surface area contributed by atoms with Gasteiger partial charge in [0, 0.05) is 49.5 Å². The second-order valence-electron chi connectivity index (χ2n) is 8.56. The standard InChI is InChI=1S/C27H28N6O2/c1-20-3-6-23(15-22(20)7-10-25-16-29-26(17-28-25)30-19-34)27(35)31-24-8-4-21(5-9-24)18-33-13-11-32(2)12-14-33/h3-6,8-9,15-17,19H,11-14,18H2,1-2H3,(H,31,35)(H,29,30,34). The molecule has 0 atom stereocenters. The quantitative estimate of drug-likeness (QED) is 0.427. The van der Waals surface area contributed by atoms with Crippen LogP contribution in [0.2, 0.25) is 0 Å². The Morgan fingerprint density at radius 2 is 1.80 bits per heavy atom. The van der Waals surface area contributed by atoms with Crippen molar-refractivity contribution in [1.82, 2.24) is 19.8 Å². The molecule has 0 unspecified atom stereocenters. The van der Waals surface area contributed by atoms with Crippen LogP contribution in [0, 0.1) is 18.8 Å². The van der Waals surface area contributed by atoms with Crippen molar-refractivity contribution < 1.29 is 9.59 Å². The molecule has 2 heterocycles. The number of likely N-dealkylation sites (N-methyl/N-ethyl adjacent to an activating group) is 1. The zero-order valence-corrected chi connectivity index (χ0v) is 19.9. The van der Waals surface area contributed by atoms with Gasteiger partial charge in [-0.2, -0.15) is 0 Å². The van der Waals surface area contributed by atoms with E-state index < -0.39 is 0 Å². The predicted octanol–water partition coefficient (Wildman–Crippen LogP) is 2.75. The molecular weight excluding hydrogens is 440 g/mol. The third-order valence-corrected chi connectivity index (χ3v) is 5.90. The van der Waals surface area contributed by atoms with Crippen molar-refractivity contribution in [3.63, 3.8) is 0 Å². The molecule has 178 valence electrons. The van der Waals surface area contributed by atoms with Gasteiger partial charge in [0.2, 0.25) is 6.41 Å². The molecule has 1 aromatic heterocycles. The number of aromatic nitrogens is 2. The summed E-state index contributed by atoms with van der Waals surface area (Å²) in [6.07, 6.45) is 3.46. The van der Waals surface area contributed by atoms with Crippen LogP contribution in [-0.4, -0.2) is 65.3 Å². The first-order valence-electron chi connectivity index (χ1n) is 11.5. The maximum atomic E-state index is 12.9. The SMILES string of the molecule is Cc1ccc(C(=O)Nc2ccc(CN3CCN(C)CC3)cc2)cc1C#Cc1cnc(NC=O)cn1. The van der Waals surface area contributed by atoms with Crippen molar-refractivity contribution in [1.29, 1.82) is 0 Å². The second kappa shape index (κ2) is 11.4. The monoisotopic (exact) mass is 468 g/mol. The molecule has 2 aromatic carbocycles. The molecule has 1 fully saturated rings. The number of benzene rings is 2. The van der Waals surface area contributed by atoms with Gasteiger partial charge in [-0.25, -0.2) is 9.97 Å². The fraction of sp³-hybridized carbons (Fsp3) is 0.259. The topological polar surface area (TPSA) is 90.5 Å². The lowest BCUT2D eigenvalue weighted by molar-refractivity contribution is -0.105. The third-order valence-electron chi connectivity index (χ3n) is 5.90. The molecule has 0 radical (unpaired) electrons. The largest absolute Gasteiger partial charge is 0.322 e. The number of carbonyl (C=O) groups is 2. The number of piperazine rings is 1. The molecular formula is C27H28N6O2. The van der Waals surface area contributed by atoms with E-state index in [-0.39, 0.29) is 5.91 Å². The number of anilines is 2. The minimum absolute atomic E-state index is 0.191. The summed E-state index contributed by atoms with van der Waals surface area (Å²) in [5, 5.41) is 5.40. The molecule has 1 aliphatic heterocycles. The van der Waals surface area contributed by atoms with Gasteiger partial charge >= 0.3 is 0 Å². The van der Waals surface area contributed by atoms with Crippen LogP contribution in [-0.2, 0) is 11.3 Å². The summed E-state index contributed by atoms with van der Waals surface area (Å²) >= 11 is 0. The predicted molar refractivity (Wildman–Crippen MR) is 136 cm³/mol. The smallest absolute Gasteiger partial charge is 0.255 e. The van der Waals surface area contributed by atoms with E-state index in [0.717, 1.165) is 49.5 Å². The van der Waals surface area contributed by atoms with Crippen LogP contribution in [0.4, 0.5) is 11.5 Å². The van der Waals surface area contributed by atoms with E-state index in [2.05, 4.69) is 61.4 Å². The van der Waals surface area contributed by atoms with E-state index in [1.54, 1.807) is 12.1 Å². The lowest BCUT2D eigenvalue weighted by atomic mass is 10.0. The zero-order chi connectivity index (χ0) is 24.6. The maximum absolute atomic E-state index is 12.9. The first-order chi connectivity index (χ1) is 17.0. The van der Waals surface area contributed by atoms with Crippen molar-refractivity contribution in [3.05, 3.63) is 82.8 Å². The van der Waals surface area contributed by atoms with Crippen LogP contribution >= 0.6 is 0 Å². The first kappa shape index (κ1) is 24.1. The Hall–Kier alpha value is -4.06. The van der Waals surface area contributed by atoms with Gasteiger partial charge in [-0.15, -0.1) is 0 Å². The van der Waals surface area contributed by atoms with Crippen molar-refractivity contribution in [2.24, 2.45) is 0 Å². The fourth-order valence-electron chi connectivity index (χ4n) is 3.72. The maximum Gasteiger partial charge on any atom is 0.255 e. The lowest BCUT2D eigenvalue weighted by Crippen LogP contribution is -2.43. The number of carbonyl (C=O) groups excluding carboxylic acids is 2. The summed E-state index contributed by atoms with van der Waals surface area (Å²) in [4.78, 5) is 36.3. The van der Waals surface area contributed by atoms with E-state index in [9.17, 15) is 9.59 Å². The van der Waals surface area contributed by atoms with Crippen LogP contribution in [0.15, 0.2) is 54.9 Å². The third kappa shape index (κ3) is 6.73. The number of nitrogens with zero attached hydrogens (tertiary/aromatic N) is 4. The summed E-state index contributed by atoms with van der Waals surface area (Å²) in [5.74, 6) is 6.17. The molecule has 35 heavy (non-hydrogen) atoms. The minimum atomic E-state index is -0.191. The van der Waals surface area contributed by atoms with Crippen LogP contribution in [0.3, 0.4) is 0 Å². The Labute approximate surface area is 205 Å². The van der Waals surface area contributed by atoms with E-state index in [0.29, 0.717) is 23.5 Å². The zero-order valence-electron chi connectivity index (χ0n) is 19.9. The van der Waals surface area contributed by atoms with Gasteiger partial charge in [-0.05, 0) is 55.3 Å². The van der Waals surface area contributed by atoms with Crippen molar-refractivity contribution in [2.75, 3.05) is 43.9 Å². The molecule has 4 rings (SSSR count). The molecule has 0 spiro atoms. The number of rotatable bonds is 6. The Balaban J connectivity index is 1.39. The van der Waals surface area contributed by atoms with Gasteiger partial charge in [0.25, 0.3) is 5.91 Å². The minimum Gasteiger partial charge on any atom is -0.322 e. The van der Waals surface area contributed by atoms with Gasteiger partial charge in [0.05, 0.1) is 12.4 Å². The molecule has 8 nitrogen and oxygen atoms in total. The number of hydrogen-bond donors (Lipinski definition) is 2. The number of hydrogen-bond acceptors (Lipinski definition) is 6. The number of nitrogens with one attached hydrogen (secondary N) is 2. The summed E-state index contributed by atoms with van der Waals surface area (Å²) in [5.41, 5.74) is 4.67. The summed E-state index contributed by atoms with van der Waals surface area (Å²) < 4.78 is 0. The van der Waals surface area contributed by atoms with Crippen molar-refractivity contribution in [2.45, 2.75) is 13.5 Å². The van der Waals surface area contributed by atoms with E-state index in [4.69, 9.17) is 0 Å². The molecule has 1 saturated heterocycles. The van der Waals surface area contributed by atoms with E-state index in [1.807, 2.05) is 25.1 Å². The normalized spacial score (nSPS) is 14.0. The Morgan fingerprint density at radius 1 is 1.03 bits per heavy atom. The Kier molecular flexibility index (Phi) is 7.83.